The average Bonchev–Trinajstić information content (AvgIpc) is 3.18. The van der Waals surface area contributed by atoms with Crippen LogP contribution in [0.2, 0.25) is 0 Å². The summed E-state index contributed by atoms with van der Waals surface area (Å²) in [6, 6.07) is 9.56. The average molecular weight is 315 g/mol. The normalized spacial score (nSPS) is 12.3. The Morgan fingerprint density at radius 2 is 2.32 bits per heavy atom. The van der Waals surface area contributed by atoms with E-state index in [-0.39, 0.29) is 11.9 Å². The molecule has 5 nitrogen and oxygen atoms in total. The molecular weight excluding hydrogens is 298 g/mol. The summed E-state index contributed by atoms with van der Waals surface area (Å²) in [7, 11) is 0. The molecule has 0 aliphatic carbocycles. The molecule has 0 spiro atoms. The highest BCUT2D eigenvalue weighted by Gasteiger charge is 2.15. The zero-order valence-electron chi connectivity index (χ0n) is 12.4. The Balaban J connectivity index is 1.64. The van der Waals surface area contributed by atoms with Crippen LogP contribution in [-0.2, 0) is 6.42 Å². The lowest BCUT2D eigenvalue weighted by Crippen LogP contribution is -2.34. The molecule has 2 N–H and O–H groups in total. The summed E-state index contributed by atoms with van der Waals surface area (Å²) in [6.45, 7) is 3.86. The van der Waals surface area contributed by atoms with E-state index in [4.69, 9.17) is 4.42 Å². The quantitative estimate of drug-likeness (QED) is 0.758. The molecule has 22 heavy (non-hydrogen) atoms. The van der Waals surface area contributed by atoms with Gasteiger partial charge in [0, 0.05) is 23.4 Å². The van der Waals surface area contributed by atoms with Gasteiger partial charge < -0.3 is 9.73 Å². The molecule has 0 aliphatic rings. The van der Waals surface area contributed by atoms with Crippen LogP contribution >= 0.6 is 11.3 Å². The van der Waals surface area contributed by atoms with Crippen LogP contribution in [0.5, 0.6) is 0 Å². The molecule has 0 radical (unpaired) electrons. The summed E-state index contributed by atoms with van der Waals surface area (Å²) in [4.78, 5) is 13.5. The number of thiophene rings is 1. The van der Waals surface area contributed by atoms with E-state index in [2.05, 4.69) is 21.6 Å². The largest absolute Gasteiger partial charge is 0.460 e. The van der Waals surface area contributed by atoms with Crippen LogP contribution in [0.4, 0.5) is 0 Å². The number of aromatic amines is 1. The Morgan fingerprint density at radius 1 is 1.45 bits per heavy atom. The highest BCUT2D eigenvalue weighted by Crippen LogP contribution is 2.20. The van der Waals surface area contributed by atoms with Crippen molar-refractivity contribution in [2.75, 3.05) is 0 Å². The van der Waals surface area contributed by atoms with Crippen molar-refractivity contribution in [3.8, 4) is 11.5 Å². The first kappa shape index (κ1) is 14.6. The molecule has 3 aromatic heterocycles. The zero-order chi connectivity index (χ0) is 15.5. The fourth-order valence-corrected chi connectivity index (χ4v) is 3.06. The molecule has 3 rings (SSSR count). The molecule has 3 heterocycles. The van der Waals surface area contributed by atoms with Gasteiger partial charge in [0.25, 0.3) is 5.91 Å². The van der Waals surface area contributed by atoms with E-state index in [0.717, 1.165) is 12.2 Å². The third-order valence-corrected chi connectivity index (χ3v) is 4.18. The summed E-state index contributed by atoms with van der Waals surface area (Å²) in [5, 5.41) is 11.9. The Bertz CT molecular complexity index is 758. The molecule has 3 aromatic rings. The van der Waals surface area contributed by atoms with Crippen molar-refractivity contribution in [3.63, 3.8) is 0 Å². The number of amides is 1. The highest BCUT2D eigenvalue weighted by molar-refractivity contribution is 7.09. The SMILES string of the molecule is Cc1ccc(-c2cc(C(=O)NC(C)Cc3cccs3)n[nH]2)o1. The third kappa shape index (κ3) is 3.28. The maximum absolute atomic E-state index is 12.2. The van der Waals surface area contributed by atoms with Crippen molar-refractivity contribution in [1.29, 1.82) is 0 Å². The monoisotopic (exact) mass is 315 g/mol. The van der Waals surface area contributed by atoms with Gasteiger partial charge in [-0.25, -0.2) is 0 Å². The molecule has 1 amide bonds. The first-order valence-corrected chi connectivity index (χ1v) is 7.95. The summed E-state index contributed by atoms with van der Waals surface area (Å²) >= 11 is 1.69. The van der Waals surface area contributed by atoms with Crippen LogP contribution in [0.25, 0.3) is 11.5 Å². The number of hydrogen-bond donors (Lipinski definition) is 2. The van der Waals surface area contributed by atoms with Crippen LogP contribution < -0.4 is 5.32 Å². The first-order chi connectivity index (χ1) is 10.6. The minimum absolute atomic E-state index is 0.0529. The maximum Gasteiger partial charge on any atom is 0.272 e. The van der Waals surface area contributed by atoms with Crippen molar-refractivity contribution in [3.05, 3.63) is 52.0 Å². The van der Waals surface area contributed by atoms with Gasteiger partial charge in [0.05, 0.1) is 0 Å². The number of rotatable bonds is 5. The van der Waals surface area contributed by atoms with Gasteiger partial charge in [0.2, 0.25) is 0 Å². The van der Waals surface area contributed by atoms with Crippen molar-refractivity contribution in [2.45, 2.75) is 26.3 Å². The van der Waals surface area contributed by atoms with E-state index in [9.17, 15) is 4.79 Å². The predicted molar refractivity (Wildman–Crippen MR) is 86.0 cm³/mol. The fourth-order valence-electron chi connectivity index (χ4n) is 2.22. The number of aryl methyl sites for hydroxylation is 1. The summed E-state index contributed by atoms with van der Waals surface area (Å²) in [5.74, 6) is 1.31. The van der Waals surface area contributed by atoms with Crippen molar-refractivity contribution >= 4 is 17.2 Å². The van der Waals surface area contributed by atoms with Crippen LogP contribution in [0.3, 0.4) is 0 Å². The smallest absolute Gasteiger partial charge is 0.272 e. The number of furan rings is 1. The number of carbonyl (C=O) groups excluding carboxylic acids is 1. The second kappa shape index (κ2) is 6.19. The van der Waals surface area contributed by atoms with Crippen LogP contribution in [0.15, 0.2) is 40.1 Å². The minimum atomic E-state index is -0.185. The highest BCUT2D eigenvalue weighted by atomic mass is 32.1. The van der Waals surface area contributed by atoms with Crippen molar-refractivity contribution in [1.82, 2.24) is 15.5 Å². The lowest BCUT2D eigenvalue weighted by Gasteiger charge is -2.11. The summed E-state index contributed by atoms with van der Waals surface area (Å²) in [5.41, 5.74) is 1.06. The zero-order valence-corrected chi connectivity index (χ0v) is 13.2. The second-order valence-corrected chi connectivity index (χ2v) is 6.27. The van der Waals surface area contributed by atoms with Crippen LogP contribution in [0, 0.1) is 6.92 Å². The number of carbonyl (C=O) groups is 1. The molecule has 6 heteroatoms. The van der Waals surface area contributed by atoms with Crippen LogP contribution in [-0.4, -0.2) is 22.1 Å². The predicted octanol–water partition coefficient (Wildman–Crippen LogP) is 3.40. The maximum atomic E-state index is 12.2. The third-order valence-electron chi connectivity index (χ3n) is 3.28. The lowest BCUT2D eigenvalue weighted by molar-refractivity contribution is 0.0935. The van der Waals surface area contributed by atoms with Crippen molar-refractivity contribution < 1.29 is 9.21 Å². The van der Waals surface area contributed by atoms with Gasteiger partial charge in [-0.3, -0.25) is 9.89 Å². The molecule has 0 aromatic carbocycles. The number of nitrogens with one attached hydrogen (secondary N) is 2. The van der Waals surface area contributed by atoms with E-state index < -0.39 is 0 Å². The molecule has 1 unspecified atom stereocenters. The number of nitrogens with zero attached hydrogens (tertiary/aromatic N) is 1. The molecule has 114 valence electrons. The Morgan fingerprint density at radius 3 is 3.00 bits per heavy atom. The fraction of sp³-hybridized carbons (Fsp3) is 0.250. The Kier molecular flexibility index (Phi) is 4.11. The molecule has 0 aliphatic heterocycles. The Hall–Kier alpha value is -2.34. The van der Waals surface area contributed by atoms with E-state index in [0.29, 0.717) is 17.1 Å². The van der Waals surface area contributed by atoms with E-state index in [1.54, 1.807) is 17.4 Å². The van der Waals surface area contributed by atoms with Gasteiger partial charge in [0.15, 0.2) is 11.5 Å². The van der Waals surface area contributed by atoms with Gasteiger partial charge in [-0.05, 0) is 37.4 Å². The summed E-state index contributed by atoms with van der Waals surface area (Å²) in [6.07, 6.45) is 0.818. The minimum Gasteiger partial charge on any atom is -0.460 e. The first-order valence-electron chi connectivity index (χ1n) is 7.07. The van der Waals surface area contributed by atoms with E-state index >= 15 is 0 Å². The van der Waals surface area contributed by atoms with Crippen LogP contribution in [0.1, 0.15) is 28.0 Å². The molecule has 1 atom stereocenters. The topological polar surface area (TPSA) is 70.9 Å². The second-order valence-electron chi connectivity index (χ2n) is 5.24. The lowest BCUT2D eigenvalue weighted by atomic mass is 10.2. The Labute approximate surface area is 132 Å². The molecule has 0 fully saturated rings. The van der Waals surface area contributed by atoms with Gasteiger partial charge in [-0.1, -0.05) is 6.07 Å². The van der Waals surface area contributed by atoms with E-state index in [1.165, 1.54) is 4.88 Å². The number of hydrogen-bond acceptors (Lipinski definition) is 4. The van der Waals surface area contributed by atoms with Gasteiger partial charge >= 0.3 is 0 Å². The molecule has 0 saturated carbocycles. The standard InChI is InChI=1S/C16H17N3O2S/c1-10(8-12-4-3-7-22-12)17-16(20)14-9-13(18-19-14)15-6-5-11(2)21-15/h3-7,9-10H,8H2,1-2H3,(H,17,20)(H,18,19). The number of aromatic nitrogens is 2. The summed E-state index contributed by atoms with van der Waals surface area (Å²) < 4.78 is 5.51. The molecule has 0 bridgehead atoms. The number of H-pyrrole nitrogens is 1. The van der Waals surface area contributed by atoms with E-state index in [1.807, 2.05) is 37.4 Å². The van der Waals surface area contributed by atoms with Gasteiger partial charge in [0.1, 0.15) is 11.5 Å². The van der Waals surface area contributed by atoms with Gasteiger partial charge in [-0.15, -0.1) is 11.3 Å². The van der Waals surface area contributed by atoms with Crippen molar-refractivity contribution in [2.24, 2.45) is 0 Å². The molecular formula is C16H17N3O2S. The molecule has 0 saturated heterocycles. The van der Waals surface area contributed by atoms with Gasteiger partial charge in [-0.2, -0.15) is 5.10 Å².